The monoisotopic (exact) mass is 413 g/mol. The van der Waals surface area contributed by atoms with Gasteiger partial charge < -0.3 is 4.98 Å². The lowest BCUT2D eigenvalue weighted by molar-refractivity contribution is 0.0972. The van der Waals surface area contributed by atoms with Gasteiger partial charge >= 0.3 is 0 Å². The fourth-order valence-electron chi connectivity index (χ4n) is 3.75. The first-order valence-corrected chi connectivity index (χ1v) is 10.7. The summed E-state index contributed by atoms with van der Waals surface area (Å²) in [5.41, 5.74) is 4.39. The number of aryl methyl sites for hydroxylation is 1. The lowest BCUT2D eigenvalue weighted by atomic mass is 10.0. The fraction of sp³-hybridized carbons (Fsp3) is 0.125. The highest BCUT2D eigenvalue weighted by atomic mass is 32.1. The van der Waals surface area contributed by atoms with Gasteiger partial charge in [-0.05, 0) is 23.6 Å². The standard InChI is InChI=1S/C24H19N3O2S/c1-2-15-7-9-16(10-8-15)19-13-30-23-22(19)24(29)27(14-26-23)12-21(28)18-11-25-20-6-4-3-5-17(18)20/h3-11,13-14,25H,2,12H2,1H3. The molecule has 0 unspecified atom stereocenters. The van der Waals surface area contributed by atoms with Crippen LogP contribution in [0.25, 0.3) is 32.2 Å². The van der Waals surface area contributed by atoms with Crippen LogP contribution < -0.4 is 5.56 Å². The molecule has 2 aromatic carbocycles. The summed E-state index contributed by atoms with van der Waals surface area (Å²) in [6, 6.07) is 15.9. The molecule has 0 amide bonds. The summed E-state index contributed by atoms with van der Waals surface area (Å²) < 4.78 is 1.41. The van der Waals surface area contributed by atoms with Crippen LogP contribution in [0.1, 0.15) is 22.8 Å². The average Bonchev–Trinajstić information content (AvgIpc) is 3.40. The van der Waals surface area contributed by atoms with Crippen molar-refractivity contribution in [3.63, 3.8) is 0 Å². The van der Waals surface area contributed by atoms with E-state index in [2.05, 4.69) is 29.0 Å². The van der Waals surface area contributed by atoms with Crippen LogP contribution in [0, 0.1) is 0 Å². The lowest BCUT2D eigenvalue weighted by Crippen LogP contribution is -2.24. The molecular weight excluding hydrogens is 394 g/mol. The number of hydrogen-bond donors (Lipinski definition) is 1. The Morgan fingerprint density at radius 1 is 1.13 bits per heavy atom. The van der Waals surface area contributed by atoms with Crippen molar-refractivity contribution in [3.8, 4) is 11.1 Å². The van der Waals surface area contributed by atoms with Gasteiger partial charge in [0.2, 0.25) is 0 Å². The first kappa shape index (κ1) is 18.5. The molecule has 0 saturated carbocycles. The van der Waals surface area contributed by atoms with Crippen LogP contribution in [0.3, 0.4) is 0 Å². The van der Waals surface area contributed by atoms with Gasteiger partial charge in [0.05, 0.1) is 18.3 Å². The van der Waals surface area contributed by atoms with E-state index in [4.69, 9.17) is 0 Å². The molecule has 0 radical (unpaired) electrons. The maximum Gasteiger partial charge on any atom is 0.263 e. The van der Waals surface area contributed by atoms with Crippen LogP contribution in [0.5, 0.6) is 0 Å². The van der Waals surface area contributed by atoms with Crippen LogP contribution in [0.2, 0.25) is 0 Å². The highest BCUT2D eigenvalue weighted by Gasteiger charge is 2.17. The smallest absolute Gasteiger partial charge is 0.263 e. The summed E-state index contributed by atoms with van der Waals surface area (Å²) in [7, 11) is 0. The molecule has 6 heteroatoms. The van der Waals surface area contributed by atoms with Gasteiger partial charge in [-0.2, -0.15) is 0 Å². The van der Waals surface area contributed by atoms with Gasteiger partial charge in [0.15, 0.2) is 5.78 Å². The Hall–Kier alpha value is -3.51. The zero-order valence-corrected chi connectivity index (χ0v) is 17.2. The predicted molar refractivity (Wildman–Crippen MR) is 121 cm³/mol. The van der Waals surface area contributed by atoms with Crippen molar-refractivity contribution in [2.45, 2.75) is 19.9 Å². The van der Waals surface area contributed by atoms with E-state index >= 15 is 0 Å². The number of rotatable bonds is 5. The normalized spacial score (nSPS) is 11.4. The molecule has 3 heterocycles. The molecule has 30 heavy (non-hydrogen) atoms. The van der Waals surface area contributed by atoms with Crippen LogP contribution in [-0.2, 0) is 13.0 Å². The van der Waals surface area contributed by atoms with Crippen molar-refractivity contribution in [1.82, 2.24) is 14.5 Å². The molecule has 5 aromatic rings. The summed E-state index contributed by atoms with van der Waals surface area (Å²) in [5.74, 6) is -0.125. The minimum absolute atomic E-state index is 0.0479. The molecule has 0 bridgehead atoms. The number of thiophene rings is 1. The fourth-order valence-corrected chi connectivity index (χ4v) is 4.66. The molecule has 0 fully saturated rings. The second-order valence-electron chi connectivity index (χ2n) is 7.23. The zero-order valence-electron chi connectivity index (χ0n) is 16.4. The van der Waals surface area contributed by atoms with Crippen LogP contribution in [0.15, 0.2) is 71.2 Å². The van der Waals surface area contributed by atoms with Crippen molar-refractivity contribution < 1.29 is 4.79 Å². The van der Waals surface area contributed by atoms with Crippen LogP contribution >= 0.6 is 11.3 Å². The van der Waals surface area contributed by atoms with E-state index in [-0.39, 0.29) is 17.9 Å². The topological polar surface area (TPSA) is 67.8 Å². The summed E-state index contributed by atoms with van der Waals surface area (Å²) in [5, 5.41) is 3.39. The number of aromatic amines is 1. The van der Waals surface area contributed by atoms with E-state index in [0.29, 0.717) is 15.8 Å². The number of aromatic nitrogens is 3. The Morgan fingerprint density at radius 3 is 2.73 bits per heavy atom. The Balaban J connectivity index is 1.54. The second-order valence-corrected chi connectivity index (χ2v) is 8.09. The molecule has 0 atom stereocenters. The molecule has 5 rings (SSSR count). The van der Waals surface area contributed by atoms with Gasteiger partial charge in [-0.1, -0.05) is 49.4 Å². The number of hydrogen-bond acceptors (Lipinski definition) is 4. The molecule has 3 aromatic heterocycles. The van der Waals surface area contributed by atoms with Gasteiger partial charge in [0.1, 0.15) is 4.83 Å². The first-order chi connectivity index (χ1) is 14.7. The Morgan fingerprint density at radius 2 is 1.93 bits per heavy atom. The third-order valence-corrected chi connectivity index (χ3v) is 6.32. The van der Waals surface area contributed by atoms with E-state index in [0.717, 1.165) is 28.5 Å². The summed E-state index contributed by atoms with van der Waals surface area (Å²) >= 11 is 1.45. The SMILES string of the molecule is CCc1ccc(-c2csc3ncn(CC(=O)c4c[nH]c5ccccc45)c(=O)c23)cc1. The molecule has 0 spiro atoms. The van der Waals surface area contributed by atoms with E-state index in [9.17, 15) is 9.59 Å². The predicted octanol–water partition coefficient (Wildman–Crippen LogP) is 5.05. The highest BCUT2D eigenvalue weighted by molar-refractivity contribution is 7.17. The average molecular weight is 414 g/mol. The molecule has 0 saturated heterocycles. The zero-order chi connectivity index (χ0) is 20.7. The number of fused-ring (bicyclic) bond motifs is 2. The number of benzene rings is 2. The molecule has 0 aliphatic carbocycles. The van der Waals surface area contributed by atoms with Crippen LogP contribution in [0.4, 0.5) is 0 Å². The molecule has 5 nitrogen and oxygen atoms in total. The molecule has 0 aliphatic rings. The number of ketones is 1. The Labute approximate surface area is 176 Å². The third-order valence-electron chi connectivity index (χ3n) is 5.44. The van der Waals surface area contributed by atoms with Crippen LogP contribution in [-0.4, -0.2) is 20.3 Å². The van der Waals surface area contributed by atoms with E-state index in [1.807, 2.05) is 41.8 Å². The first-order valence-electron chi connectivity index (χ1n) is 9.81. The number of nitrogens with one attached hydrogen (secondary N) is 1. The van der Waals surface area contributed by atoms with Crippen molar-refractivity contribution >= 4 is 38.2 Å². The highest BCUT2D eigenvalue weighted by Crippen LogP contribution is 2.31. The Bertz CT molecular complexity index is 1440. The van der Waals surface area contributed by atoms with Crippen molar-refractivity contribution in [1.29, 1.82) is 0 Å². The molecule has 0 aliphatic heterocycles. The third kappa shape index (κ3) is 3.06. The van der Waals surface area contributed by atoms with Gasteiger partial charge in [-0.15, -0.1) is 11.3 Å². The van der Waals surface area contributed by atoms with E-state index in [1.54, 1.807) is 6.20 Å². The second kappa shape index (κ2) is 7.39. The number of Topliss-reactive ketones (excluding diaryl/α,β-unsaturated/α-hetero) is 1. The van der Waals surface area contributed by atoms with E-state index < -0.39 is 0 Å². The van der Waals surface area contributed by atoms with E-state index in [1.165, 1.54) is 27.8 Å². The number of carbonyl (C=O) groups excluding carboxylic acids is 1. The maximum absolute atomic E-state index is 13.2. The van der Waals surface area contributed by atoms with Gasteiger partial charge in [0, 0.05) is 33.6 Å². The number of carbonyl (C=O) groups is 1. The van der Waals surface area contributed by atoms with Crippen molar-refractivity contribution in [3.05, 3.63) is 87.9 Å². The quantitative estimate of drug-likeness (QED) is 0.410. The van der Waals surface area contributed by atoms with Crippen molar-refractivity contribution in [2.75, 3.05) is 0 Å². The lowest BCUT2D eigenvalue weighted by Gasteiger charge is -2.06. The number of H-pyrrole nitrogens is 1. The number of para-hydroxylation sites is 1. The summed E-state index contributed by atoms with van der Waals surface area (Å²) in [4.78, 5) is 34.4. The molecular formula is C24H19N3O2S. The largest absolute Gasteiger partial charge is 0.360 e. The molecule has 148 valence electrons. The minimum atomic E-state index is -0.191. The summed E-state index contributed by atoms with van der Waals surface area (Å²) in [6.07, 6.45) is 4.14. The van der Waals surface area contributed by atoms with Gasteiger partial charge in [-0.3, -0.25) is 14.2 Å². The Kier molecular flexibility index (Phi) is 4.56. The minimum Gasteiger partial charge on any atom is -0.360 e. The maximum atomic E-state index is 13.2. The number of nitrogens with zero attached hydrogens (tertiary/aromatic N) is 2. The van der Waals surface area contributed by atoms with Crippen molar-refractivity contribution in [2.24, 2.45) is 0 Å². The molecule has 1 N–H and O–H groups in total. The van der Waals surface area contributed by atoms with Gasteiger partial charge in [0.25, 0.3) is 5.56 Å². The summed E-state index contributed by atoms with van der Waals surface area (Å²) in [6.45, 7) is 2.07. The van der Waals surface area contributed by atoms with Gasteiger partial charge in [-0.25, -0.2) is 4.98 Å².